The molecule has 1 aliphatic heterocycles. The molecule has 1 aliphatic rings. The molecule has 2 aromatic carbocycles. The van der Waals surface area contributed by atoms with Gasteiger partial charge in [-0.25, -0.2) is 4.85 Å². The summed E-state index contributed by atoms with van der Waals surface area (Å²) in [5.74, 6) is 0.817. The lowest BCUT2D eigenvalue weighted by Gasteiger charge is -2.29. The predicted octanol–water partition coefficient (Wildman–Crippen LogP) is 10.8. The Kier molecular flexibility index (Phi) is 13.1. The van der Waals surface area contributed by atoms with Gasteiger partial charge in [0.1, 0.15) is 30.2 Å². The van der Waals surface area contributed by atoms with E-state index in [2.05, 4.69) is 35.7 Å². The third kappa shape index (κ3) is 9.22. The summed E-state index contributed by atoms with van der Waals surface area (Å²) in [5, 5.41) is 18.5. The first kappa shape index (κ1) is 38.4. The number of hydrogen-bond acceptors (Lipinski definition) is 7. The van der Waals surface area contributed by atoms with Crippen LogP contribution in [0.3, 0.4) is 0 Å². The normalized spacial score (nSPS) is 15.8. The van der Waals surface area contributed by atoms with Crippen molar-refractivity contribution in [3.63, 3.8) is 0 Å². The predicted molar refractivity (Wildman–Crippen MR) is 196 cm³/mol. The summed E-state index contributed by atoms with van der Waals surface area (Å²) in [5.41, 5.74) is -1.65. The Morgan fingerprint density at radius 1 is 0.961 bits per heavy atom. The molecule has 264 valence electrons. The summed E-state index contributed by atoms with van der Waals surface area (Å²) in [4.78, 5) is 7.08. The first-order chi connectivity index (χ1) is 24.5. The Balaban J connectivity index is 1.64. The average Bonchev–Trinajstić information content (AvgIpc) is 3.71. The van der Waals surface area contributed by atoms with Crippen LogP contribution in [0.1, 0.15) is 67.3 Å². The molecule has 0 aliphatic carbocycles. The number of anilines is 1. The molecular weight excluding hydrogens is 674 g/mol. The molecule has 1 atom stereocenters. The number of thiophene rings is 1. The molecule has 0 N–H and O–H groups in total. The first-order valence-corrected chi connectivity index (χ1v) is 17.4. The minimum atomic E-state index is -4.92. The zero-order valence-electron chi connectivity index (χ0n) is 29.0. The standard InChI is InChI=1S/C40H39F3N4O3S/c1-6-8-22-47(23-9-7-2)31-14-12-29(36(24-31)49-27-28-10-15-32(48-5)16-11-28)13-17-33-18-19-34(51-33)20-21-35-37(46-4)38(30(25-44)26-45)50-39(35,3)40(41,42)43/h10-21,24H,6-9,22-23,27H2,1-3,5H3/b17-13+,21-20+. The second-order valence-corrected chi connectivity index (χ2v) is 13.0. The van der Waals surface area contributed by atoms with Gasteiger partial charge >= 0.3 is 6.18 Å². The topological polar surface area (TPSA) is 82.9 Å². The van der Waals surface area contributed by atoms with E-state index in [1.807, 2.05) is 48.6 Å². The van der Waals surface area contributed by atoms with Gasteiger partial charge in [0, 0.05) is 45.7 Å². The molecule has 0 radical (unpaired) electrons. The highest BCUT2D eigenvalue weighted by molar-refractivity contribution is 7.13. The van der Waals surface area contributed by atoms with Gasteiger partial charge in [-0.15, -0.1) is 11.3 Å². The number of allylic oxidation sites excluding steroid dienone is 1. The van der Waals surface area contributed by atoms with Gasteiger partial charge < -0.3 is 19.1 Å². The molecule has 0 saturated carbocycles. The van der Waals surface area contributed by atoms with Gasteiger partial charge in [0.2, 0.25) is 11.3 Å². The Hall–Kier alpha value is -5.44. The third-order valence-electron chi connectivity index (χ3n) is 8.36. The van der Waals surface area contributed by atoms with E-state index in [1.165, 1.54) is 35.6 Å². The summed E-state index contributed by atoms with van der Waals surface area (Å²) in [6.07, 6.45) is 5.94. The maximum absolute atomic E-state index is 14.2. The van der Waals surface area contributed by atoms with E-state index in [1.54, 1.807) is 13.2 Å². The highest BCUT2D eigenvalue weighted by Gasteiger charge is 2.60. The van der Waals surface area contributed by atoms with E-state index in [0.717, 1.165) is 78.9 Å². The van der Waals surface area contributed by atoms with Crippen LogP contribution in [0.25, 0.3) is 23.1 Å². The Morgan fingerprint density at radius 3 is 2.14 bits per heavy atom. The molecular formula is C40H39F3N4O3S. The lowest BCUT2D eigenvalue weighted by molar-refractivity contribution is -0.236. The SMILES string of the molecule is [C-]#[N+]C1=C(/C=C/c2ccc(/C=C/c3ccc(N(CCCC)CCCC)cc3OCc3ccc(OC)cc3)s2)C(C)(C(F)(F)F)OC1=C(C#N)C#N. The molecule has 11 heteroatoms. The smallest absolute Gasteiger partial charge is 0.430 e. The van der Waals surface area contributed by atoms with E-state index in [-0.39, 0.29) is 0 Å². The summed E-state index contributed by atoms with van der Waals surface area (Å²) < 4.78 is 59.5. The molecule has 0 saturated heterocycles. The summed E-state index contributed by atoms with van der Waals surface area (Å²) in [7, 11) is 1.62. The van der Waals surface area contributed by atoms with Gasteiger partial charge in [0.25, 0.3) is 0 Å². The quantitative estimate of drug-likeness (QED) is 0.115. The Labute approximate surface area is 301 Å². The van der Waals surface area contributed by atoms with Gasteiger partial charge in [-0.3, -0.25) is 0 Å². The fourth-order valence-corrected chi connectivity index (χ4v) is 6.15. The summed E-state index contributed by atoms with van der Waals surface area (Å²) in [6, 6.07) is 20.6. The molecule has 0 spiro atoms. The second-order valence-electron chi connectivity index (χ2n) is 11.9. The van der Waals surface area contributed by atoms with E-state index in [0.29, 0.717) is 11.5 Å². The number of unbranched alkanes of at least 4 members (excludes halogenated alkanes) is 2. The lowest BCUT2D eigenvalue weighted by Crippen LogP contribution is -2.43. The highest BCUT2D eigenvalue weighted by atomic mass is 32.1. The molecule has 1 aromatic heterocycles. The van der Waals surface area contributed by atoms with E-state index in [9.17, 15) is 23.7 Å². The van der Waals surface area contributed by atoms with Gasteiger partial charge in [-0.1, -0.05) is 44.9 Å². The largest absolute Gasteiger partial charge is 0.497 e. The van der Waals surface area contributed by atoms with Crippen LogP contribution in [0.5, 0.6) is 11.5 Å². The first-order valence-electron chi connectivity index (χ1n) is 16.5. The third-order valence-corrected chi connectivity index (χ3v) is 9.38. The number of halogens is 3. The number of hydrogen-bond donors (Lipinski definition) is 0. The van der Waals surface area contributed by atoms with Crippen LogP contribution in [-0.4, -0.2) is 32.0 Å². The lowest BCUT2D eigenvalue weighted by atomic mass is 9.94. The number of ether oxygens (including phenoxy) is 3. The maximum Gasteiger partial charge on any atom is 0.430 e. The van der Waals surface area contributed by atoms with Crippen LogP contribution >= 0.6 is 11.3 Å². The minimum absolute atomic E-state index is 0.357. The van der Waals surface area contributed by atoms with Crippen molar-refractivity contribution in [3.05, 3.63) is 116 Å². The Bertz CT molecular complexity index is 1910. The van der Waals surface area contributed by atoms with Crippen LogP contribution in [0.2, 0.25) is 0 Å². The molecule has 51 heavy (non-hydrogen) atoms. The van der Waals surface area contributed by atoms with Crippen LogP contribution in [0.4, 0.5) is 18.9 Å². The summed E-state index contributed by atoms with van der Waals surface area (Å²) in [6.45, 7) is 14.9. The fraction of sp³-hybridized carbons (Fsp3) is 0.325. The zero-order valence-corrected chi connectivity index (χ0v) is 29.8. The molecule has 3 aromatic rings. The van der Waals surface area contributed by atoms with E-state index >= 15 is 0 Å². The van der Waals surface area contributed by atoms with Crippen LogP contribution in [-0.2, 0) is 11.3 Å². The molecule has 4 rings (SSSR count). The van der Waals surface area contributed by atoms with Gasteiger partial charge in [-0.2, -0.15) is 23.7 Å². The molecule has 7 nitrogen and oxygen atoms in total. The van der Waals surface area contributed by atoms with Gasteiger partial charge in [-0.05, 0) is 80.0 Å². The number of alkyl halides is 3. The average molecular weight is 713 g/mol. The van der Waals surface area contributed by atoms with Crippen molar-refractivity contribution < 1.29 is 27.4 Å². The number of nitriles is 2. The number of benzene rings is 2. The van der Waals surface area contributed by atoms with Crippen LogP contribution in [0.15, 0.2) is 83.3 Å². The van der Waals surface area contributed by atoms with Crippen molar-refractivity contribution in [3.8, 4) is 23.6 Å². The van der Waals surface area contributed by atoms with Crippen molar-refractivity contribution in [2.45, 2.75) is 64.8 Å². The van der Waals surface area contributed by atoms with Crippen molar-refractivity contribution in [1.82, 2.24) is 0 Å². The van der Waals surface area contributed by atoms with E-state index in [4.69, 9.17) is 20.8 Å². The second kappa shape index (κ2) is 17.5. The Morgan fingerprint density at radius 2 is 1.59 bits per heavy atom. The van der Waals surface area contributed by atoms with Crippen LogP contribution < -0.4 is 14.4 Å². The molecule has 0 amide bonds. The number of methoxy groups -OCH3 is 1. The van der Waals surface area contributed by atoms with Crippen molar-refractivity contribution in [1.29, 1.82) is 10.5 Å². The highest BCUT2D eigenvalue weighted by Crippen LogP contribution is 2.50. The van der Waals surface area contributed by atoms with E-state index < -0.39 is 34.4 Å². The summed E-state index contributed by atoms with van der Waals surface area (Å²) >= 11 is 1.34. The number of nitrogens with zero attached hydrogens (tertiary/aromatic N) is 4. The van der Waals surface area contributed by atoms with Gasteiger partial charge in [0.15, 0.2) is 11.3 Å². The molecule has 0 bridgehead atoms. The van der Waals surface area contributed by atoms with Gasteiger partial charge in [0.05, 0.1) is 13.7 Å². The molecule has 1 unspecified atom stereocenters. The van der Waals surface area contributed by atoms with Crippen LogP contribution in [0, 0.1) is 29.2 Å². The maximum atomic E-state index is 14.2. The number of rotatable bonds is 15. The van der Waals surface area contributed by atoms with Crippen molar-refractivity contribution in [2.24, 2.45) is 0 Å². The minimum Gasteiger partial charge on any atom is -0.497 e. The molecule has 2 heterocycles. The monoisotopic (exact) mass is 712 g/mol. The molecule has 0 fully saturated rings. The zero-order chi connectivity index (χ0) is 37.0. The van der Waals surface area contributed by atoms with Crippen molar-refractivity contribution >= 4 is 35.3 Å². The fourth-order valence-electron chi connectivity index (χ4n) is 5.33. The van der Waals surface area contributed by atoms with Crippen molar-refractivity contribution in [2.75, 3.05) is 25.1 Å².